The van der Waals surface area contributed by atoms with Gasteiger partial charge in [-0.2, -0.15) is 0 Å². The molecular formula is C20H22N4O4. The smallest absolute Gasteiger partial charge is 0.342 e. The number of esters is 1. The maximum atomic E-state index is 12.4. The number of hydrogen-bond acceptors (Lipinski definition) is 6. The lowest BCUT2D eigenvalue weighted by atomic mass is 10.2. The average molecular weight is 382 g/mol. The summed E-state index contributed by atoms with van der Waals surface area (Å²) in [4.78, 5) is 42.3. The summed E-state index contributed by atoms with van der Waals surface area (Å²) < 4.78 is 5.06. The summed E-state index contributed by atoms with van der Waals surface area (Å²) in [6, 6.07) is 11.9. The van der Waals surface area contributed by atoms with Gasteiger partial charge in [-0.1, -0.05) is 30.3 Å². The highest BCUT2D eigenvalue weighted by atomic mass is 16.5. The topological polar surface area (TPSA) is 101 Å². The van der Waals surface area contributed by atoms with Gasteiger partial charge < -0.3 is 15.0 Å². The first-order valence-electron chi connectivity index (χ1n) is 9.12. The van der Waals surface area contributed by atoms with Gasteiger partial charge in [-0.05, 0) is 30.5 Å². The number of anilines is 1. The van der Waals surface area contributed by atoms with E-state index in [0.29, 0.717) is 11.4 Å². The molecule has 1 aromatic carbocycles. The average Bonchev–Trinajstić information content (AvgIpc) is 3.26. The van der Waals surface area contributed by atoms with Crippen molar-refractivity contribution in [3.05, 3.63) is 59.8 Å². The standard InChI is InChI=1S/C20H22N4O4/c25-17(23-20(27)22-13-15-7-2-1-3-8-15)14-28-19(26)16-9-6-10-21-18(16)24-11-4-5-12-24/h1-3,6-10H,4-5,11-14H2,(H2,22,23,25,27). The predicted octanol–water partition coefficient (Wildman–Crippen LogP) is 1.86. The number of carbonyl (C=O) groups is 3. The molecule has 1 fully saturated rings. The molecule has 8 heteroatoms. The number of imide groups is 1. The van der Waals surface area contributed by atoms with E-state index in [4.69, 9.17) is 4.74 Å². The largest absolute Gasteiger partial charge is 0.452 e. The molecule has 3 rings (SSSR count). The Kier molecular flexibility index (Phi) is 6.56. The molecule has 2 aromatic rings. The molecule has 146 valence electrons. The second-order valence-electron chi connectivity index (χ2n) is 6.36. The predicted molar refractivity (Wildman–Crippen MR) is 103 cm³/mol. The van der Waals surface area contributed by atoms with E-state index in [-0.39, 0.29) is 6.54 Å². The number of rotatable bonds is 6. The summed E-state index contributed by atoms with van der Waals surface area (Å²) in [5.74, 6) is -0.786. The van der Waals surface area contributed by atoms with Crippen LogP contribution in [0.5, 0.6) is 0 Å². The van der Waals surface area contributed by atoms with E-state index in [1.54, 1.807) is 18.3 Å². The first kappa shape index (κ1) is 19.3. The van der Waals surface area contributed by atoms with Crippen LogP contribution in [0.25, 0.3) is 0 Å². The highest BCUT2D eigenvalue weighted by Gasteiger charge is 2.22. The minimum atomic E-state index is -0.703. The van der Waals surface area contributed by atoms with Gasteiger partial charge in [0, 0.05) is 25.8 Å². The molecule has 3 amide bonds. The van der Waals surface area contributed by atoms with Crippen molar-refractivity contribution in [2.75, 3.05) is 24.6 Å². The molecule has 0 saturated carbocycles. The van der Waals surface area contributed by atoms with Gasteiger partial charge in [0.15, 0.2) is 6.61 Å². The zero-order valence-corrected chi connectivity index (χ0v) is 15.4. The minimum Gasteiger partial charge on any atom is -0.452 e. The zero-order valence-electron chi connectivity index (χ0n) is 15.4. The van der Waals surface area contributed by atoms with Gasteiger partial charge in [-0.25, -0.2) is 14.6 Å². The van der Waals surface area contributed by atoms with Crippen molar-refractivity contribution in [3.63, 3.8) is 0 Å². The maximum absolute atomic E-state index is 12.4. The van der Waals surface area contributed by atoms with Crippen molar-refractivity contribution < 1.29 is 19.1 Å². The molecule has 0 unspecified atom stereocenters. The fraction of sp³-hybridized carbons (Fsp3) is 0.300. The molecule has 2 N–H and O–H groups in total. The SMILES string of the molecule is O=C(COC(=O)c1cccnc1N1CCCC1)NC(=O)NCc1ccccc1. The van der Waals surface area contributed by atoms with Crippen LogP contribution in [0.15, 0.2) is 48.7 Å². The normalized spacial score (nSPS) is 13.1. The third-order valence-electron chi connectivity index (χ3n) is 4.30. The van der Waals surface area contributed by atoms with Crippen LogP contribution in [0.1, 0.15) is 28.8 Å². The Labute approximate surface area is 162 Å². The number of hydrogen-bond donors (Lipinski definition) is 2. The third kappa shape index (κ3) is 5.29. The summed E-state index contributed by atoms with van der Waals surface area (Å²) in [5.41, 5.74) is 1.22. The van der Waals surface area contributed by atoms with E-state index in [2.05, 4.69) is 15.6 Å². The number of ether oxygens (including phenoxy) is 1. The van der Waals surface area contributed by atoms with E-state index in [0.717, 1.165) is 31.5 Å². The van der Waals surface area contributed by atoms with Crippen LogP contribution in [-0.4, -0.2) is 42.6 Å². The molecule has 0 aliphatic carbocycles. The number of urea groups is 1. The molecule has 28 heavy (non-hydrogen) atoms. The molecule has 0 spiro atoms. The fourth-order valence-corrected chi connectivity index (χ4v) is 2.93. The lowest BCUT2D eigenvalue weighted by molar-refractivity contribution is -0.123. The van der Waals surface area contributed by atoms with Gasteiger partial charge in [0.2, 0.25) is 0 Å². The first-order valence-corrected chi connectivity index (χ1v) is 9.12. The molecular weight excluding hydrogens is 360 g/mol. The van der Waals surface area contributed by atoms with Crippen molar-refractivity contribution in [3.8, 4) is 0 Å². The monoisotopic (exact) mass is 382 g/mol. The lowest BCUT2D eigenvalue weighted by Crippen LogP contribution is -2.41. The van der Waals surface area contributed by atoms with Crippen molar-refractivity contribution in [1.82, 2.24) is 15.6 Å². The van der Waals surface area contributed by atoms with Gasteiger partial charge in [0.05, 0.1) is 0 Å². The molecule has 1 aliphatic rings. The van der Waals surface area contributed by atoms with Gasteiger partial charge in [-0.15, -0.1) is 0 Å². The van der Waals surface area contributed by atoms with Crippen LogP contribution in [0.2, 0.25) is 0 Å². The maximum Gasteiger partial charge on any atom is 0.342 e. The Morgan fingerprint density at radius 1 is 1.04 bits per heavy atom. The second-order valence-corrected chi connectivity index (χ2v) is 6.36. The summed E-state index contributed by atoms with van der Waals surface area (Å²) in [5, 5.41) is 4.70. The number of benzene rings is 1. The van der Waals surface area contributed by atoms with Crippen LogP contribution < -0.4 is 15.5 Å². The lowest BCUT2D eigenvalue weighted by Gasteiger charge is -2.18. The third-order valence-corrected chi connectivity index (χ3v) is 4.30. The van der Waals surface area contributed by atoms with Crippen molar-refractivity contribution in [1.29, 1.82) is 0 Å². The molecule has 0 atom stereocenters. The van der Waals surface area contributed by atoms with Crippen LogP contribution in [0.4, 0.5) is 10.6 Å². The van der Waals surface area contributed by atoms with Gasteiger partial charge >= 0.3 is 12.0 Å². The van der Waals surface area contributed by atoms with Crippen LogP contribution in [-0.2, 0) is 16.1 Å². The Morgan fingerprint density at radius 2 is 1.79 bits per heavy atom. The first-order chi connectivity index (χ1) is 13.6. The minimum absolute atomic E-state index is 0.286. The summed E-state index contributed by atoms with van der Waals surface area (Å²) in [7, 11) is 0. The quantitative estimate of drug-likeness (QED) is 0.740. The Morgan fingerprint density at radius 3 is 2.54 bits per heavy atom. The van der Waals surface area contributed by atoms with Crippen LogP contribution in [0, 0.1) is 0 Å². The van der Waals surface area contributed by atoms with Crippen molar-refractivity contribution in [2.24, 2.45) is 0 Å². The summed E-state index contributed by atoms with van der Waals surface area (Å²) in [6.45, 7) is 1.40. The Balaban J connectivity index is 1.46. The van der Waals surface area contributed by atoms with Crippen LogP contribution >= 0.6 is 0 Å². The van der Waals surface area contributed by atoms with E-state index in [1.165, 1.54) is 0 Å². The van der Waals surface area contributed by atoms with Crippen molar-refractivity contribution in [2.45, 2.75) is 19.4 Å². The van der Waals surface area contributed by atoms with Gasteiger partial charge in [-0.3, -0.25) is 10.1 Å². The van der Waals surface area contributed by atoms with Gasteiger partial charge in [0.1, 0.15) is 11.4 Å². The molecule has 8 nitrogen and oxygen atoms in total. The number of nitrogens with one attached hydrogen (secondary N) is 2. The van der Waals surface area contributed by atoms with E-state index < -0.39 is 24.5 Å². The molecule has 0 radical (unpaired) electrons. The molecule has 1 aliphatic heterocycles. The Bertz CT molecular complexity index is 835. The number of pyridine rings is 1. The number of nitrogens with zero attached hydrogens (tertiary/aromatic N) is 2. The van der Waals surface area contributed by atoms with E-state index in [9.17, 15) is 14.4 Å². The summed E-state index contributed by atoms with van der Waals surface area (Å²) in [6.07, 6.45) is 3.71. The molecule has 1 saturated heterocycles. The van der Waals surface area contributed by atoms with Crippen LogP contribution in [0.3, 0.4) is 0 Å². The van der Waals surface area contributed by atoms with E-state index in [1.807, 2.05) is 35.2 Å². The Hall–Kier alpha value is -3.42. The molecule has 2 heterocycles. The highest BCUT2D eigenvalue weighted by Crippen LogP contribution is 2.22. The molecule has 0 bridgehead atoms. The van der Waals surface area contributed by atoms with E-state index >= 15 is 0 Å². The van der Waals surface area contributed by atoms with Crippen molar-refractivity contribution >= 4 is 23.7 Å². The number of carbonyl (C=O) groups excluding carboxylic acids is 3. The highest BCUT2D eigenvalue weighted by molar-refractivity contribution is 5.98. The number of amides is 3. The zero-order chi connectivity index (χ0) is 19.8. The fourth-order valence-electron chi connectivity index (χ4n) is 2.93. The summed E-state index contributed by atoms with van der Waals surface area (Å²) >= 11 is 0. The number of aromatic nitrogens is 1. The molecule has 1 aromatic heterocycles. The van der Waals surface area contributed by atoms with Gasteiger partial charge in [0.25, 0.3) is 5.91 Å². The second kappa shape index (κ2) is 9.50.